The van der Waals surface area contributed by atoms with Gasteiger partial charge in [0.25, 0.3) is 0 Å². The molecule has 0 bridgehead atoms. The molecule has 114 valence electrons. The number of nitrogens with one attached hydrogen (secondary N) is 1. The predicted molar refractivity (Wildman–Crippen MR) is 81.8 cm³/mol. The molecule has 6 heteroatoms. The van der Waals surface area contributed by atoms with Crippen LogP contribution in [0.25, 0.3) is 0 Å². The number of halogens is 1. The highest BCUT2D eigenvalue weighted by Crippen LogP contribution is 2.30. The zero-order chi connectivity index (χ0) is 14.4. The Hall–Kier alpha value is -0.430. The number of hydrogen-bond donors (Lipinski definition) is 1. The summed E-state index contributed by atoms with van der Waals surface area (Å²) in [6.07, 6.45) is 4.12. The minimum Gasteiger partial charge on any atom is -0.383 e. The van der Waals surface area contributed by atoms with Gasteiger partial charge in [0.05, 0.1) is 35.6 Å². The molecule has 2 heterocycles. The molecule has 1 aliphatic rings. The number of hydrogen-bond acceptors (Lipinski definition) is 4. The standard InChI is InChI=1S/C14H24BrN3O2/c1-3-16-13(8-11-4-6-20-10-11)14-12(15)9-17-18(14)5-7-19-2/h9,11,13,16H,3-8,10H2,1-2H3. The molecule has 1 aromatic rings. The average molecular weight is 346 g/mol. The molecule has 2 atom stereocenters. The first-order valence-electron chi connectivity index (χ1n) is 7.27. The zero-order valence-electron chi connectivity index (χ0n) is 12.3. The minimum atomic E-state index is 0.306. The number of rotatable bonds is 8. The zero-order valence-corrected chi connectivity index (χ0v) is 13.9. The van der Waals surface area contributed by atoms with Gasteiger partial charge in [-0.3, -0.25) is 4.68 Å². The van der Waals surface area contributed by atoms with Crippen LogP contribution in [-0.4, -0.2) is 43.3 Å². The van der Waals surface area contributed by atoms with Crippen LogP contribution in [0, 0.1) is 5.92 Å². The summed E-state index contributed by atoms with van der Waals surface area (Å²) < 4.78 is 13.8. The Morgan fingerprint density at radius 3 is 3.15 bits per heavy atom. The Bertz CT molecular complexity index is 405. The van der Waals surface area contributed by atoms with Crippen molar-refractivity contribution in [2.45, 2.75) is 32.4 Å². The molecule has 0 aromatic carbocycles. The van der Waals surface area contributed by atoms with E-state index in [1.54, 1.807) is 7.11 Å². The summed E-state index contributed by atoms with van der Waals surface area (Å²) >= 11 is 3.63. The molecule has 0 spiro atoms. The molecule has 20 heavy (non-hydrogen) atoms. The van der Waals surface area contributed by atoms with Gasteiger partial charge in [-0.1, -0.05) is 6.92 Å². The summed E-state index contributed by atoms with van der Waals surface area (Å²) in [6, 6.07) is 0.306. The smallest absolute Gasteiger partial charge is 0.0696 e. The fourth-order valence-electron chi connectivity index (χ4n) is 2.71. The van der Waals surface area contributed by atoms with Crippen LogP contribution in [-0.2, 0) is 16.0 Å². The van der Waals surface area contributed by atoms with E-state index in [0.717, 1.165) is 43.6 Å². The number of ether oxygens (including phenoxy) is 2. The normalized spacial score (nSPS) is 20.4. The monoisotopic (exact) mass is 345 g/mol. The van der Waals surface area contributed by atoms with Crippen molar-refractivity contribution in [2.24, 2.45) is 5.92 Å². The molecular formula is C14H24BrN3O2. The number of nitrogens with zero attached hydrogens (tertiary/aromatic N) is 2. The lowest BCUT2D eigenvalue weighted by Gasteiger charge is -2.22. The fourth-order valence-corrected chi connectivity index (χ4v) is 3.29. The van der Waals surface area contributed by atoms with E-state index in [1.165, 1.54) is 5.69 Å². The number of aromatic nitrogens is 2. The maximum absolute atomic E-state index is 5.50. The first kappa shape index (κ1) is 15.9. The first-order valence-corrected chi connectivity index (χ1v) is 8.06. The Labute approximate surface area is 129 Å². The van der Waals surface area contributed by atoms with Gasteiger partial charge in [-0.15, -0.1) is 0 Å². The Kier molecular flexibility index (Phi) is 6.48. The second-order valence-corrected chi connectivity index (χ2v) is 6.02. The van der Waals surface area contributed by atoms with Crippen molar-refractivity contribution in [2.75, 3.05) is 33.5 Å². The van der Waals surface area contributed by atoms with Crippen LogP contribution in [0.15, 0.2) is 10.7 Å². The summed E-state index contributed by atoms with van der Waals surface area (Å²) in [6.45, 7) is 6.31. The van der Waals surface area contributed by atoms with Gasteiger partial charge in [0.1, 0.15) is 0 Å². The van der Waals surface area contributed by atoms with Crippen LogP contribution in [0.2, 0.25) is 0 Å². The molecule has 1 N–H and O–H groups in total. The summed E-state index contributed by atoms with van der Waals surface area (Å²) in [7, 11) is 1.72. The molecular weight excluding hydrogens is 322 g/mol. The summed E-state index contributed by atoms with van der Waals surface area (Å²) in [5.74, 6) is 0.636. The van der Waals surface area contributed by atoms with Gasteiger partial charge in [-0.25, -0.2) is 0 Å². The molecule has 1 saturated heterocycles. The second kappa shape index (κ2) is 8.12. The van der Waals surface area contributed by atoms with Crippen molar-refractivity contribution in [3.05, 3.63) is 16.4 Å². The van der Waals surface area contributed by atoms with E-state index in [1.807, 2.05) is 10.9 Å². The van der Waals surface area contributed by atoms with E-state index in [-0.39, 0.29) is 0 Å². The molecule has 1 aliphatic heterocycles. The van der Waals surface area contributed by atoms with E-state index in [9.17, 15) is 0 Å². The molecule has 0 radical (unpaired) electrons. The topological polar surface area (TPSA) is 48.3 Å². The van der Waals surface area contributed by atoms with Crippen molar-refractivity contribution >= 4 is 15.9 Å². The largest absolute Gasteiger partial charge is 0.383 e. The van der Waals surface area contributed by atoms with E-state index < -0.39 is 0 Å². The van der Waals surface area contributed by atoms with E-state index in [0.29, 0.717) is 18.6 Å². The van der Waals surface area contributed by atoms with Crippen LogP contribution in [0.4, 0.5) is 0 Å². The first-order chi connectivity index (χ1) is 9.76. The second-order valence-electron chi connectivity index (χ2n) is 5.17. The van der Waals surface area contributed by atoms with Gasteiger partial charge in [0.2, 0.25) is 0 Å². The van der Waals surface area contributed by atoms with Gasteiger partial charge in [-0.2, -0.15) is 5.10 Å². The summed E-state index contributed by atoms with van der Waals surface area (Å²) in [5, 5.41) is 8.03. The van der Waals surface area contributed by atoms with Crippen molar-refractivity contribution in [1.29, 1.82) is 0 Å². The highest BCUT2D eigenvalue weighted by atomic mass is 79.9. The van der Waals surface area contributed by atoms with Crippen molar-refractivity contribution in [1.82, 2.24) is 15.1 Å². The quantitative estimate of drug-likeness (QED) is 0.785. The third-order valence-corrected chi connectivity index (χ3v) is 4.33. The summed E-state index contributed by atoms with van der Waals surface area (Å²) in [5.41, 5.74) is 1.22. The molecule has 0 amide bonds. The molecule has 2 rings (SSSR count). The van der Waals surface area contributed by atoms with Gasteiger partial charge in [-0.05, 0) is 41.2 Å². The third-order valence-electron chi connectivity index (χ3n) is 3.71. The fraction of sp³-hybridized carbons (Fsp3) is 0.786. The molecule has 1 fully saturated rings. The minimum absolute atomic E-state index is 0.306. The van der Waals surface area contributed by atoms with Gasteiger partial charge >= 0.3 is 0 Å². The lowest BCUT2D eigenvalue weighted by molar-refractivity contribution is 0.177. The number of methoxy groups -OCH3 is 1. The van der Waals surface area contributed by atoms with Gasteiger partial charge < -0.3 is 14.8 Å². The van der Waals surface area contributed by atoms with Crippen molar-refractivity contribution in [3.63, 3.8) is 0 Å². The molecule has 0 aliphatic carbocycles. The van der Waals surface area contributed by atoms with Crippen LogP contribution in [0.5, 0.6) is 0 Å². The van der Waals surface area contributed by atoms with Crippen LogP contribution >= 0.6 is 15.9 Å². The highest BCUT2D eigenvalue weighted by molar-refractivity contribution is 9.10. The lowest BCUT2D eigenvalue weighted by atomic mass is 9.97. The van der Waals surface area contributed by atoms with Gasteiger partial charge in [0, 0.05) is 20.3 Å². The summed E-state index contributed by atoms with van der Waals surface area (Å²) in [4.78, 5) is 0. The Morgan fingerprint density at radius 1 is 1.65 bits per heavy atom. The van der Waals surface area contributed by atoms with Crippen molar-refractivity contribution in [3.8, 4) is 0 Å². The average Bonchev–Trinajstić information content (AvgIpc) is 3.06. The van der Waals surface area contributed by atoms with Crippen LogP contribution in [0.1, 0.15) is 31.5 Å². The SMILES string of the molecule is CCNC(CC1CCOC1)c1c(Br)cnn1CCOC. The van der Waals surface area contributed by atoms with Crippen LogP contribution < -0.4 is 5.32 Å². The predicted octanol–water partition coefficient (Wildman–Crippen LogP) is 2.37. The maximum Gasteiger partial charge on any atom is 0.0696 e. The van der Waals surface area contributed by atoms with E-state index in [4.69, 9.17) is 9.47 Å². The molecule has 2 unspecified atom stereocenters. The van der Waals surface area contributed by atoms with E-state index >= 15 is 0 Å². The third kappa shape index (κ3) is 4.04. The lowest BCUT2D eigenvalue weighted by Crippen LogP contribution is -2.27. The van der Waals surface area contributed by atoms with Crippen molar-refractivity contribution < 1.29 is 9.47 Å². The molecule has 0 saturated carbocycles. The molecule has 1 aromatic heterocycles. The molecule has 5 nitrogen and oxygen atoms in total. The Morgan fingerprint density at radius 2 is 2.50 bits per heavy atom. The van der Waals surface area contributed by atoms with Crippen LogP contribution in [0.3, 0.4) is 0 Å². The maximum atomic E-state index is 5.50. The van der Waals surface area contributed by atoms with E-state index in [2.05, 4.69) is 33.3 Å². The van der Waals surface area contributed by atoms with Gasteiger partial charge in [0.15, 0.2) is 0 Å². The Balaban J connectivity index is 2.11. The highest BCUT2D eigenvalue weighted by Gasteiger charge is 2.25.